The first kappa shape index (κ1) is 11.4. The van der Waals surface area contributed by atoms with Crippen molar-refractivity contribution >= 4 is 17.4 Å². The number of hydrogen-bond donors (Lipinski definition) is 2. The first-order valence-corrected chi connectivity index (χ1v) is 5.27. The summed E-state index contributed by atoms with van der Waals surface area (Å²) in [5.41, 5.74) is 0.179. The molecule has 2 rings (SSSR count). The molecule has 0 amide bonds. The molecule has 0 spiro atoms. The molecule has 6 nitrogen and oxygen atoms in total. The molecule has 0 aliphatic carbocycles. The molecule has 0 atom stereocenters. The topological polar surface area (TPSA) is 79.5 Å². The van der Waals surface area contributed by atoms with Gasteiger partial charge in [-0.05, 0) is 19.9 Å². The monoisotopic (exact) mass is 234 g/mol. The fourth-order valence-electron chi connectivity index (χ4n) is 1.65. The Hall–Kier alpha value is -2.11. The third kappa shape index (κ3) is 2.72. The number of aromatic nitrogens is 3. The normalized spacial score (nSPS) is 11.6. The van der Waals surface area contributed by atoms with Crippen LogP contribution in [0.15, 0.2) is 24.5 Å². The Morgan fingerprint density at radius 2 is 2.29 bits per heavy atom. The summed E-state index contributed by atoms with van der Waals surface area (Å²) < 4.78 is 1.65. The number of carboxylic acid groups (broad SMARTS) is 1. The summed E-state index contributed by atoms with van der Waals surface area (Å²) in [5, 5.41) is 15.9. The number of rotatable bonds is 4. The maximum absolute atomic E-state index is 10.7. The molecule has 0 fully saturated rings. The van der Waals surface area contributed by atoms with Gasteiger partial charge < -0.3 is 10.4 Å². The van der Waals surface area contributed by atoms with E-state index >= 15 is 0 Å². The Balaban J connectivity index is 2.19. The van der Waals surface area contributed by atoms with Crippen molar-refractivity contribution in [2.45, 2.75) is 25.8 Å². The van der Waals surface area contributed by atoms with Gasteiger partial charge in [0.05, 0.1) is 12.6 Å². The minimum absolute atomic E-state index is 0.0269. The van der Waals surface area contributed by atoms with Crippen molar-refractivity contribution in [1.82, 2.24) is 14.6 Å². The number of hydrogen-bond acceptors (Lipinski definition) is 4. The number of nitrogens with one attached hydrogen (secondary N) is 1. The first-order chi connectivity index (χ1) is 7.96. The maximum atomic E-state index is 10.7. The lowest BCUT2D eigenvalue weighted by atomic mass is 10.0. The zero-order valence-corrected chi connectivity index (χ0v) is 9.71. The van der Waals surface area contributed by atoms with E-state index in [2.05, 4.69) is 15.4 Å². The molecule has 2 N–H and O–H groups in total. The molecule has 90 valence electrons. The van der Waals surface area contributed by atoms with Gasteiger partial charge in [-0.15, -0.1) is 0 Å². The molecule has 0 saturated carbocycles. The molecular weight excluding hydrogens is 220 g/mol. The molecule has 0 bridgehead atoms. The van der Waals surface area contributed by atoms with Crippen molar-refractivity contribution in [1.29, 1.82) is 0 Å². The SMILES string of the molecule is CC(C)(CC(=O)O)Nc1ccn2nccc2n1. The summed E-state index contributed by atoms with van der Waals surface area (Å²) in [6, 6.07) is 3.55. The molecule has 6 heteroatoms. The largest absolute Gasteiger partial charge is 0.481 e. The zero-order valence-electron chi connectivity index (χ0n) is 9.71. The molecular formula is C11H14N4O2. The van der Waals surface area contributed by atoms with Gasteiger partial charge in [-0.25, -0.2) is 9.50 Å². The molecule has 0 aromatic carbocycles. The van der Waals surface area contributed by atoms with Crippen LogP contribution in [-0.2, 0) is 4.79 Å². The number of fused-ring (bicyclic) bond motifs is 1. The average molecular weight is 234 g/mol. The average Bonchev–Trinajstić information content (AvgIpc) is 2.61. The van der Waals surface area contributed by atoms with Gasteiger partial charge in [-0.1, -0.05) is 0 Å². The van der Waals surface area contributed by atoms with Crippen LogP contribution in [0.5, 0.6) is 0 Å². The van der Waals surface area contributed by atoms with Gasteiger partial charge in [-0.2, -0.15) is 5.10 Å². The van der Waals surface area contributed by atoms with Gasteiger partial charge in [0.15, 0.2) is 5.65 Å². The lowest BCUT2D eigenvalue weighted by Crippen LogP contribution is -2.34. The van der Waals surface area contributed by atoms with Crippen LogP contribution in [0.4, 0.5) is 5.82 Å². The summed E-state index contributed by atoms with van der Waals surface area (Å²) in [4.78, 5) is 15.0. The van der Waals surface area contributed by atoms with E-state index in [0.717, 1.165) is 5.65 Å². The molecule has 0 aliphatic heterocycles. The molecule has 0 radical (unpaired) electrons. The smallest absolute Gasteiger partial charge is 0.305 e. The van der Waals surface area contributed by atoms with Crippen LogP contribution in [0.1, 0.15) is 20.3 Å². The summed E-state index contributed by atoms with van der Waals surface area (Å²) in [7, 11) is 0. The van der Waals surface area contributed by atoms with E-state index in [1.807, 2.05) is 13.8 Å². The van der Waals surface area contributed by atoms with Crippen LogP contribution in [0.2, 0.25) is 0 Å². The van der Waals surface area contributed by atoms with Crippen molar-refractivity contribution < 1.29 is 9.90 Å². The highest BCUT2D eigenvalue weighted by Gasteiger charge is 2.21. The number of carboxylic acids is 1. The quantitative estimate of drug-likeness (QED) is 0.835. The second-order valence-corrected chi connectivity index (χ2v) is 4.53. The van der Waals surface area contributed by atoms with Crippen molar-refractivity contribution in [3.05, 3.63) is 24.5 Å². The van der Waals surface area contributed by atoms with E-state index in [9.17, 15) is 4.79 Å². The molecule has 17 heavy (non-hydrogen) atoms. The first-order valence-electron chi connectivity index (χ1n) is 5.27. The van der Waals surface area contributed by atoms with E-state index in [0.29, 0.717) is 5.82 Å². The third-order valence-electron chi connectivity index (χ3n) is 2.32. The standard InChI is InChI=1S/C11H14N4O2/c1-11(2,7-10(16)17)14-8-4-6-15-9(13-8)3-5-12-15/h3-6H,7H2,1-2H3,(H,13,14)(H,16,17). The van der Waals surface area contributed by atoms with Gasteiger partial charge in [0, 0.05) is 17.8 Å². The van der Waals surface area contributed by atoms with E-state index in [1.54, 1.807) is 29.0 Å². The predicted molar refractivity (Wildman–Crippen MR) is 62.9 cm³/mol. The summed E-state index contributed by atoms with van der Waals surface area (Å²) >= 11 is 0. The maximum Gasteiger partial charge on any atom is 0.305 e. The van der Waals surface area contributed by atoms with E-state index < -0.39 is 11.5 Å². The van der Waals surface area contributed by atoms with Gasteiger partial charge in [0.2, 0.25) is 0 Å². The van der Waals surface area contributed by atoms with E-state index in [-0.39, 0.29) is 6.42 Å². The Morgan fingerprint density at radius 3 is 3.00 bits per heavy atom. The summed E-state index contributed by atoms with van der Waals surface area (Å²) in [6.07, 6.45) is 3.47. The fraction of sp³-hybridized carbons (Fsp3) is 0.364. The van der Waals surface area contributed by atoms with Crippen LogP contribution in [0.3, 0.4) is 0 Å². The van der Waals surface area contributed by atoms with Crippen molar-refractivity contribution in [2.75, 3.05) is 5.32 Å². The summed E-state index contributed by atoms with van der Waals surface area (Å²) in [5.74, 6) is -0.197. The van der Waals surface area contributed by atoms with Crippen molar-refractivity contribution in [2.24, 2.45) is 0 Å². The third-order valence-corrected chi connectivity index (χ3v) is 2.32. The minimum atomic E-state index is -0.840. The zero-order chi connectivity index (χ0) is 12.5. The van der Waals surface area contributed by atoms with Crippen LogP contribution >= 0.6 is 0 Å². The highest BCUT2D eigenvalue weighted by Crippen LogP contribution is 2.16. The number of aliphatic carboxylic acids is 1. The number of nitrogens with zero attached hydrogens (tertiary/aromatic N) is 3. The second kappa shape index (κ2) is 4.04. The minimum Gasteiger partial charge on any atom is -0.481 e. The van der Waals surface area contributed by atoms with Crippen LogP contribution in [0, 0.1) is 0 Å². The lowest BCUT2D eigenvalue weighted by Gasteiger charge is -2.24. The van der Waals surface area contributed by atoms with Crippen molar-refractivity contribution in [3.63, 3.8) is 0 Å². The van der Waals surface area contributed by atoms with Crippen LogP contribution in [0.25, 0.3) is 5.65 Å². The van der Waals surface area contributed by atoms with Gasteiger partial charge in [0.1, 0.15) is 5.82 Å². The second-order valence-electron chi connectivity index (χ2n) is 4.53. The van der Waals surface area contributed by atoms with Crippen LogP contribution < -0.4 is 5.32 Å². The van der Waals surface area contributed by atoms with Gasteiger partial charge in [-0.3, -0.25) is 4.79 Å². The number of anilines is 1. The molecule has 2 heterocycles. The van der Waals surface area contributed by atoms with Crippen LogP contribution in [-0.4, -0.2) is 31.2 Å². The molecule has 2 aromatic rings. The number of carbonyl (C=O) groups is 1. The Bertz CT molecular complexity index is 547. The van der Waals surface area contributed by atoms with Crippen molar-refractivity contribution in [3.8, 4) is 0 Å². The van der Waals surface area contributed by atoms with E-state index in [4.69, 9.17) is 5.11 Å². The molecule has 0 unspecified atom stereocenters. The summed E-state index contributed by atoms with van der Waals surface area (Å²) in [6.45, 7) is 3.65. The lowest BCUT2D eigenvalue weighted by molar-refractivity contribution is -0.137. The predicted octanol–water partition coefficient (Wildman–Crippen LogP) is 1.39. The Labute approximate surface area is 98.3 Å². The highest BCUT2D eigenvalue weighted by atomic mass is 16.4. The molecule has 0 saturated heterocycles. The molecule has 2 aromatic heterocycles. The van der Waals surface area contributed by atoms with Gasteiger partial charge >= 0.3 is 5.97 Å². The van der Waals surface area contributed by atoms with Gasteiger partial charge in [0.25, 0.3) is 0 Å². The molecule has 0 aliphatic rings. The Kier molecular flexibility index (Phi) is 2.71. The van der Waals surface area contributed by atoms with E-state index in [1.165, 1.54) is 0 Å². The Morgan fingerprint density at radius 1 is 1.53 bits per heavy atom. The fourth-order valence-corrected chi connectivity index (χ4v) is 1.65. The highest BCUT2D eigenvalue weighted by molar-refractivity contribution is 5.69.